The summed E-state index contributed by atoms with van der Waals surface area (Å²) in [6.07, 6.45) is 1.58. The molecule has 0 amide bonds. The lowest BCUT2D eigenvalue weighted by Crippen LogP contribution is -2.23. The minimum Gasteiger partial charge on any atom is -0.369 e. The van der Waals surface area contributed by atoms with Crippen LogP contribution in [-0.2, 0) is 0 Å². The smallest absolute Gasteiger partial charge is 0.144 e. The molecule has 3 nitrogen and oxygen atoms in total. The lowest BCUT2D eigenvalue weighted by Gasteiger charge is -2.13. The molecule has 1 atom stereocenters. The van der Waals surface area contributed by atoms with Crippen LogP contribution in [0.15, 0.2) is 12.3 Å². The zero-order valence-electron chi connectivity index (χ0n) is 8.85. The van der Waals surface area contributed by atoms with Crippen LogP contribution in [0.2, 0.25) is 10.0 Å². The van der Waals surface area contributed by atoms with Crippen molar-refractivity contribution in [1.82, 2.24) is 10.3 Å². The van der Waals surface area contributed by atoms with Crippen LogP contribution in [0, 0.1) is 5.92 Å². The van der Waals surface area contributed by atoms with Crippen molar-refractivity contribution in [2.24, 2.45) is 5.92 Å². The first-order valence-electron chi connectivity index (χ1n) is 4.83. The monoisotopic (exact) mass is 247 g/mol. The van der Waals surface area contributed by atoms with Gasteiger partial charge in [0.15, 0.2) is 0 Å². The predicted octanol–water partition coefficient (Wildman–Crippen LogP) is 2.66. The first-order chi connectivity index (χ1) is 7.13. The second-order valence-corrected chi connectivity index (χ2v) is 4.37. The zero-order chi connectivity index (χ0) is 11.3. The van der Waals surface area contributed by atoms with Crippen LogP contribution in [0.5, 0.6) is 0 Å². The molecule has 84 valence electrons. The molecule has 0 spiro atoms. The molecule has 0 bridgehead atoms. The maximum atomic E-state index is 5.96. The average Bonchev–Trinajstić information content (AvgIpc) is 2.17. The van der Waals surface area contributed by atoms with E-state index >= 15 is 0 Å². The molecule has 0 saturated carbocycles. The Kier molecular flexibility index (Phi) is 5.15. The normalized spacial score (nSPS) is 12.5. The molecular formula is C10H15Cl2N3. The number of nitrogens with one attached hydrogen (secondary N) is 2. The second-order valence-electron chi connectivity index (χ2n) is 3.53. The van der Waals surface area contributed by atoms with E-state index in [1.807, 2.05) is 7.05 Å². The van der Waals surface area contributed by atoms with E-state index in [0.717, 1.165) is 13.1 Å². The number of hydrogen-bond acceptors (Lipinski definition) is 3. The summed E-state index contributed by atoms with van der Waals surface area (Å²) in [7, 11) is 1.93. The Hall–Kier alpha value is -0.510. The minimum atomic E-state index is 0.517. The van der Waals surface area contributed by atoms with Gasteiger partial charge in [-0.3, -0.25) is 0 Å². The fourth-order valence-corrected chi connectivity index (χ4v) is 1.68. The molecule has 1 aromatic heterocycles. The van der Waals surface area contributed by atoms with Crippen LogP contribution in [0.1, 0.15) is 6.92 Å². The highest BCUT2D eigenvalue weighted by atomic mass is 35.5. The molecule has 0 aliphatic carbocycles. The Balaban J connectivity index is 2.50. The summed E-state index contributed by atoms with van der Waals surface area (Å²) in [4.78, 5) is 4.11. The molecule has 0 aliphatic rings. The first-order valence-corrected chi connectivity index (χ1v) is 5.58. The molecule has 0 saturated heterocycles. The standard InChI is InChI=1S/C10H15Cl2N3/c1-7(4-13-2)5-14-10-9(12)3-8(11)6-15-10/h3,6-7,13H,4-5H2,1-2H3,(H,14,15). The van der Waals surface area contributed by atoms with Gasteiger partial charge in [-0.15, -0.1) is 0 Å². The summed E-state index contributed by atoms with van der Waals surface area (Å²) in [5.74, 6) is 1.20. The quantitative estimate of drug-likeness (QED) is 0.841. The first kappa shape index (κ1) is 12.6. The van der Waals surface area contributed by atoms with E-state index in [-0.39, 0.29) is 0 Å². The highest BCUT2D eigenvalue weighted by Gasteiger charge is 2.04. The maximum absolute atomic E-state index is 5.96. The summed E-state index contributed by atoms with van der Waals surface area (Å²) >= 11 is 11.7. The third kappa shape index (κ3) is 4.24. The van der Waals surface area contributed by atoms with Crippen LogP contribution < -0.4 is 10.6 Å². The third-order valence-electron chi connectivity index (χ3n) is 1.98. The summed E-state index contributed by atoms with van der Waals surface area (Å²) in [5, 5.41) is 7.40. The van der Waals surface area contributed by atoms with Crippen LogP contribution in [0.4, 0.5) is 5.82 Å². The average molecular weight is 248 g/mol. The van der Waals surface area contributed by atoms with Gasteiger partial charge in [-0.2, -0.15) is 0 Å². The second kappa shape index (κ2) is 6.16. The molecule has 5 heteroatoms. The summed E-state index contributed by atoms with van der Waals surface area (Å²) in [6.45, 7) is 3.93. The van der Waals surface area contributed by atoms with Gasteiger partial charge >= 0.3 is 0 Å². The largest absolute Gasteiger partial charge is 0.369 e. The molecule has 0 aromatic carbocycles. The van der Waals surface area contributed by atoms with E-state index in [9.17, 15) is 0 Å². The number of rotatable bonds is 5. The molecule has 1 heterocycles. The van der Waals surface area contributed by atoms with Crippen molar-refractivity contribution < 1.29 is 0 Å². The molecular weight excluding hydrogens is 233 g/mol. The number of hydrogen-bond donors (Lipinski definition) is 2. The molecule has 1 rings (SSSR count). The van der Waals surface area contributed by atoms with Crippen molar-refractivity contribution in [3.63, 3.8) is 0 Å². The molecule has 2 N–H and O–H groups in total. The summed E-state index contributed by atoms with van der Waals surface area (Å²) < 4.78 is 0. The highest BCUT2D eigenvalue weighted by Crippen LogP contribution is 2.22. The highest BCUT2D eigenvalue weighted by molar-refractivity contribution is 6.35. The third-order valence-corrected chi connectivity index (χ3v) is 2.47. The van der Waals surface area contributed by atoms with Gasteiger partial charge in [0.05, 0.1) is 10.0 Å². The number of anilines is 1. The lowest BCUT2D eigenvalue weighted by molar-refractivity contribution is 0.569. The SMILES string of the molecule is CNCC(C)CNc1ncc(Cl)cc1Cl. The van der Waals surface area contributed by atoms with Crippen molar-refractivity contribution >= 4 is 29.0 Å². The number of pyridine rings is 1. The number of nitrogens with zero attached hydrogens (tertiary/aromatic N) is 1. The topological polar surface area (TPSA) is 37.0 Å². The Morgan fingerprint density at radius 3 is 2.73 bits per heavy atom. The van der Waals surface area contributed by atoms with Gasteiger partial charge in [-0.05, 0) is 25.6 Å². The van der Waals surface area contributed by atoms with Gasteiger partial charge in [0.2, 0.25) is 0 Å². The summed E-state index contributed by atoms with van der Waals surface area (Å²) in [6, 6.07) is 1.68. The number of halogens is 2. The molecule has 0 aliphatic heterocycles. The van der Waals surface area contributed by atoms with Crippen molar-refractivity contribution in [3.05, 3.63) is 22.3 Å². The predicted molar refractivity (Wildman–Crippen MR) is 65.8 cm³/mol. The van der Waals surface area contributed by atoms with E-state index in [2.05, 4.69) is 22.5 Å². The van der Waals surface area contributed by atoms with Crippen LogP contribution >= 0.6 is 23.2 Å². The van der Waals surface area contributed by atoms with Gasteiger partial charge < -0.3 is 10.6 Å². The molecule has 1 unspecified atom stereocenters. The molecule has 1 aromatic rings. The molecule has 0 fully saturated rings. The fourth-order valence-electron chi connectivity index (χ4n) is 1.24. The van der Waals surface area contributed by atoms with E-state index in [4.69, 9.17) is 23.2 Å². The number of aromatic nitrogens is 1. The summed E-state index contributed by atoms with van der Waals surface area (Å²) in [5.41, 5.74) is 0. The zero-order valence-corrected chi connectivity index (χ0v) is 10.4. The Morgan fingerprint density at radius 2 is 2.13 bits per heavy atom. The maximum Gasteiger partial charge on any atom is 0.144 e. The van der Waals surface area contributed by atoms with Gasteiger partial charge in [0.1, 0.15) is 5.82 Å². The van der Waals surface area contributed by atoms with Gasteiger partial charge in [0, 0.05) is 12.7 Å². The minimum absolute atomic E-state index is 0.517. The van der Waals surface area contributed by atoms with E-state index < -0.39 is 0 Å². The van der Waals surface area contributed by atoms with Crippen LogP contribution in [0.25, 0.3) is 0 Å². The van der Waals surface area contributed by atoms with Crippen LogP contribution in [-0.4, -0.2) is 25.1 Å². The molecule has 0 radical (unpaired) electrons. The van der Waals surface area contributed by atoms with Crippen molar-refractivity contribution in [3.8, 4) is 0 Å². The Bertz CT molecular complexity index is 318. The van der Waals surface area contributed by atoms with Gasteiger partial charge in [-0.25, -0.2) is 4.98 Å². The van der Waals surface area contributed by atoms with E-state index in [1.54, 1.807) is 12.3 Å². The molecule has 15 heavy (non-hydrogen) atoms. The fraction of sp³-hybridized carbons (Fsp3) is 0.500. The Labute approximate surface area is 100 Å². The Morgan fingerprint density at radius 1 is 1.40 bits per heavy atom. The van der Waals surface area contributed by atoms with Crippen molar-refractivity contribution in [1.29, 1.82) is 0 Å². The van der Waals surface area contributed by atoms with Crippen molar-refractivity contribution in [2.45, 2.75) is 6.92 Å². The van der Waals surface area contributed by atoms with Gasteiger partial charge in [0.25, 0.3) is 0 Å². The van der Waals surface area contributed by atoms with Crippen molar-refractivity contribution in [2.75, 3.05) is 25.5 Å². The van der Waals surface area contributed by atoms with E-state index in [1.165, 1.54) is 0 Å². The lowest BCUT2D eigenvalue weighted by atomic mass is 10.2. The van der Waals surface area contributed by atoms with E-state index in [0.29, 0.717) is 21.8 Å². The van der Waals surface area contributed by atoms with Gasteiger partial charge in [-0.1, -0.05) is 30.1 Å². The van der Waals surface area contributed by atoms with Crippen LogP contribution in [0.3, 0.4) is 0 Å².